The molecule has 0 unspecified atom stereocenters. The zero-order valence-corrected chi connectivity index (χ0v) is 16.3. The largest absolute Gasteiger partial charge is 0.479 e. The number of para-hydroxylation sites is 1. The number of hydrogen-bond acceptors (Lipinski definition) is 3. The number of rotatable bonds is 9. The number of nitrogens with one attached hydrogen (secondary N) is 1. The van der Waals surface area contributed by atoms with E-state index in [1.165, 1.54) is 5.56 Å². The van der Waals surface area contributed by atoms with Crippen molar-refractivity contribution in [2.45, 2.75) is 25.2 Å². The zero-order valence-electron chi connectivity index (χ0n) is 14.0. The Morgan fingerprint density at radius 3 is 2.56 bits per heavy atom. The molecule has 134 valence electrons. The lowest BCUT2D eigenvalue weighted by atomic mass is 10.2. The number of halogens is 2. The van der Waals surface area contributed by atoms with Crippen LogP contribution < -0.4 is 10.1 Å². The van der Waals surface area contributed by atoms with E-state index in [0.717, 1.165) is 16.5 Å². The Labute approximate surface area is 163 Å². The minimum Gasteiger partial charge on any atom is -0.479 e. The number of amides is 1. The van der Waals surface area contributed by atoms with Crippen molar-refractivity contribution in [3.05, 3.63) is 64.1 Å². The van der Waals surface area contributed by atoms with E-state index < -0.39 is 6.10 Å². The van der Waals surface area contributed by atoms with Crippen molar-refractivity contribution in [2.24, 2.45) is 0 Å². The van der Waals surface area contributed by atoms with Gasteiger partial charge >= 0.3 is 0 Å². The van der Waals surface area contributed by atoms with E-state index in [2.05, 4.69) is 5.32 Å². The molecule has 0 saturated heterocycles. The maximum absolute atomic E-state index is 12.3. The van der Waals surface area contributed by atoms with E-state index in [1.807, 2.05) is 43.3 Å². The molecule has 3 nitrogen and oxygen atoms in total. The van der Waals surface area contributed by atoms with Crippen molar-refractivity contribution >= 4 is 40.9 Å². The Hall–Kier alpha value is -1.36. The second-order valence-electron chi connectivity index (χ2n) is 5.42. The predicted octanol–water partition coefficient (Wildman–Crippen LogP) is 5.20. The van der Waals surface area contributed by atoms with Crippen molar-refractivity contribution in [3.8, 4) is 5.75 Å². The quantitative estimate of drug-likeness (QED) is 0.590. The van der Waals surface area contributed by atoms with E-state index in [4.69, 9.17) is 27.9 Å². The molecule has 0 aliphatic carbocycles. The van der Waals surface area contributed by atoms with Crippen molar-refractivity contribution in [3.63, 3.8) is 0 Å². The summed E-state index contributed by atoms with van der Waals surface area (Å²) in [5.41, 5.74) is 1.22. The molecule has 0 heterocycles. The van der Waals surface area contributed by atoms with Crippen molar-refractivity contribution in [1.82, 2.24) is 5.32 Å². The van der Waals surface area contributed by atoms with Crippen molar-refractivity contribution in [2.75, 3.05) is 12.3 Å². The van der Waals surface area contributed by atoms with Gasteiger partial charge < -0.3 is 10.1 Å². The van der Waals surface area contributed by atoms with Gasteiger partial charge in [-0.1, -0.05) is 54.4 Å². The molecule has 6 heteroatoms. The van der Waals surface area contributed by atoms with E-state index in [1.54, 1.807) is 23.9 Å². The second-order valence-corrected chi connectivity index (χ2v) is 7.36. The van der Waals surface area contributed by atoms with Crippen LogP contribution in [0.15, 0.2) is 48.5 Å². The average molecular weight is 398 g/mol. The van der Waals surface area contributed by atoms with Gasteiger partial charge in [-0.25, -0.2) is 0 Å². The van der Waals surface area contributed by atoms with Crippen LogP contribution in [0.5, 0.6) is 5.75 Å². The summed E-state index contributed by atoms with van der Waals surface area (Å²) in [4.78, 5) is 12.3. The SMILES string of the molecule is CC[C@H](Oc1ccccc1Cl)C(=O)NCCSCc1ccc(Cl)cc1. The molecule has 0 radical (unpaired) electrons. The lowest BCUT2D eigenvalue weighted by Gasteiger charge is -2.18. The van der Waals surface area contributed by atoms with E-state index >= 15 is 0 Å². The first-order valence-corrected chi connectivity index (χ1v) is 10.0. The third-order valence-electron chi connectivity index (χ3n) is 3.50. The summed E-state index contributed by atoms with van der Waals surface area (Å²) in [6.07, 6.45) is 0.0378. The maximum Gasteiger partial charge on any atom is 0.261 e. The lowest BCUT2D eigenvalue weighted by molar-refractivity contribution is -0.127. The first-order valence-electron chi connectivity index (χ1n) is 8.11. The summed E-state index contributed by atoms with van der Waals surface area (Å²) in [6, 6.07) is 15.0. The normalized spacial score (nSPS) is 11.8. The van der Waals surface area contributed by atoms with Gasteiger partial charge in [0.25, 0.3) is 5.91 Å². The van der Waals surface area contributed by atoms with Gasteiger partial charge in [-0.3, -0.25) is 4.79 Å². The van der Waals surface area contributed by atoms with Gasteiger partial charge in [-0.05, 0) is 36.2 Å². The summed E-state index contributed by atoms with van der Waals surface area (Å²) in [7, 11) is 0. The molecular formula is C19H21Cl2NO2S. The first kappa shape index (κ1) is 20.0. The average Bonchev–Trinajstić information content (AvgIpc) is 2.62. The van der Waals surface area contributed by atoms with Crippen LogP contribution in [0.2, 0.25) is 10.0 Å². The van der Waals surface area contributed by atoms with Gasteiger partial charge in [0.15, 0.2) is 6.10 Å². The molecule has 0 aliphatic heterocycles. The number of carbonyl (C=O) groups excluding carboxylic acids is 1. The Bertz CT molecular complexity index is 679. The van der Waals surface area contributed by atoms with E-state index in [-0.39, 0.29) is 5.91 Å². The molecule has 2 aromatic rings. The first-order chi connectivity index (χ1) is 12.1. The molecule has 0 saturated carbocycles. The van der Waals surface area contributed by atoms with E-state index in [9.17, 15) is 4.79 Å². The molecule has 0 aromatic heterocycles. The van der Waals surface area contributed by atoms with Gasteiger partial charge in [-0.2, -0.15) is 11.8 Å². The number of carbonyl (C=O) groups is 1. The van der Waals surface area contributed by atoms with E-state index in [0.29, 0.717) is 23.7 Å². The lowest BCUT2D eigenvalue weighted by Crippen LogP contribution is -2.39. The molecule has 25 heavy (non-hydrogen) atoms. The summed E-state index contributed by atoms with van der Waals surface area (Å²) >= 11 is 13.7. The Morgan fingerprint density at radius 2 is 1.88 bits per heavy atom. The predicted molar refractivity (Wildman–Crippen MR) is 107 cm³/mol. The molecule has 2 aromatic carbocycles. The standard InChI is InChI=1S/C19H21Cl2NO2S/c1-2-17(24-18-6-4-3-5-16(18)21)19(23)22-11-12-25-13-14-7-9-15(20)10-8-14/h3-10,17H,2,11-13H2,1H3,(H,22,23)/t17-/m0/s1. The molecule has 2 rings (SSSR count). The summed E-state index contributed by atoms with van der Waals surface area (Å²) in [5.74, 6) is 2.13. The van der Waals surface area contributed by atoms with Crippen LogP contribution in [-0.4, -0.2) is 24.3 Å². The van der Waals surface area contributed by atoms with Gasteiger partial charge in [0.1, 0.15) is 5.75 Å². The fraction of sp³-hybridized carbons (Fsp3) is 0.316. The third kappa shape index (κ3) is 6.81. The highest BCUT2D eigenvalue weighted by atomic mass is 35.5. The summed E-state index contributed by atoms with van der Waals surface area (Å²) < 4.78 is 5.73. The van der Waals surface area contributed by atoms with Gasteiger partial charge in [0, 0.05) is 23.1 Å². The minimum absolute atomic E-state index is 0.116. The zero-order chi connectivity index (χ0) is 18.1. The van der Waals surface area contributed by atoms with Crippen LogP contribution in [-0.2, 0) is 10.5 Å². The van der Waals surface area contributed by atoms with Gasteiger partial charge in [0.2, 0.25) is 0 Å². The topological polar surface area (TPSA) is 38.3 Å². The highest BCUT2D eigenvalue weighted by Gasteiger charge is 2.18. The fourth-order valence-electron chi connectivity index (χ4n) is 2.15. The smallest absolute Gasteiger partial charge is 0.261 e. The van der Waals surface area contributed by atoms with Crippen LogP contribution in [0.1, 0.15) is 18.9 Å². The van der Waals surface area contributed by atoms with Gasteiger partial charge in [0.05, 0.1) is 5.02 Å². The highest BCUT2D eigenvalue weighted by Crippen LogP contribution is 2.24. The second kappa shape index (κ2) is 10.6. The minimum atomic E-state index is -0.541. The third-order valence-corrected chi connectivity index (χ3v) is 5.09. The molecule has 0 bridgehead atoms. The van der Waals surface area contributed by atoms with Gasteiger partial charge in [-0.15, -0.1) is 0 Å². The monoisotopic (exact) mass is 397 g/mol. The summed E-state index contributed by atoms with van der Waals surface area (Å²) in [5, 5.41) is 4.17. The van der Waals surface area contributed by atoms with Crippen LogP contribution >= 0.6 is 35.0 Å². The van der Waals surface area contributed by atoms with Crippen molar-refractivity contribution in [1.29, 1.82) is 0 Å². The molecule has 1 amide bonds. The highest BCUT2D eigenvalue weighted by molar-refractivity contribution is 7.98. The van der Waals surface area contributed by atoms with Crippen molar-refractivity contribution < 1.29 is 9.53 Å². The molecule has 0 fully saturated rings. The molecule has 0 aliphatic rings. The fourth-order valence-corrected chi connectivity index (χ4v) is 3.27. The molecular weight excluding hydrogens is 377 g/mol. The number of hydrogen-bond donors (Lipinski definition) is 1. The molecule has 1 N–H and O–H groups in total. The number of benzene rings is 2. The molecule has 0 spiro atoms. The Balaban J connectivity index is 1.71. The van der Waals surface area contributed by atoms with Crippen LogP contribution in [0, 0.1) is 0 Å². The maximum atomic E-state index is 12.3. The molecule has 1 atom stereocenters. The number of ether oxygens (including phenoxy) is 1. The summed E-state index contributed by atoms with van der Waals surface area (Å²) in [6.45, 7) is 2.51. The Morgan fingerprint density at radius 1 is 1.16 bits per heavy atom. The van der Waals surface area contributed by atoms with Crippen LogP contribution in [0.25, 0.3) is 0 Å². The Kier molecular flexibility index (Phi) is 8.45. The van der Waals surface area contributed by atoms with Crippen LogP contribution in [0.3, 0.4) is 0 Å². The number of thioether (sulfide) groups is 1. The van der Waals surface area contributed by atoms with Crippen LogP contribution in [0.4, 0.5) is 0 Å².